The van der Waals surface area contributed by atoms with E-state index in [0.29, 0.717) is 6.04 Å². The number of halogens is 1. The normalized spacial score (nSPS) is 18.8. The van der Waals surface area contributed by atoms with Gasteiger partial charge in [0, 0.05) is 24.7 Å². The van der Waals surface area contributed by atoms with Crippen molar-refractivity contribution >= 4 is 18.3 Å². The summed E-state index contributed by atoms with van der Waals surface area (Å²) < 4.78 is 0. The van der Waals surface area contributed by atoms with Gasteiger partial charge >= 0.3 is 0 Å². The first kappa shape index (κ1) is 17.0. The lowest BCUT2D eigenvalue weighted by atomic mass is 9.86. The maximum absolute atomic E-state index is 12.4. The standard InChI is InChI=1S/C16H24N2O.ClH/c1-16(2,3)13-7-5-12(6-8-13)15(19)18-10-9-14(11-18)17-4;/h5-8,14,17H,9-11H2,1-4H3;1H. The second-order valence-corrected chi connectivity index (χ2v) is 6.35. The van der Waals surface area contributed by atoms with Crippen molar-refractivity contribution in [3.05, 3.63) is 35.4 Å². The van der Waals surface area contributed by atoms with Crippen LogP contribution in [0.4, 0.5) is 0 Å². The quantitative estimate of drug-likeness (QED) is 0.910. The molecule has 1 fully saturated rings. The Hall–Kier alpha value is -1.06. The Morgan fingerprint density at radius 1 is 1.25 bits per heavy atom. The molecule has 0 aliphatic carbocycles. The molecule has 1 amide bonds. The van der Waals surface area contributed by atoms with Gasteiger partial charge < -0.3 is 10.2 Å². The van der Waals surface area contributed by atoms with Crippen LogP contribution in [0.1, 0.15) is 43.1 Å². The Morgan fingerprint density at radius 2 is 1.85 bits per heavy atom. The lowest BCUT2D eigenvalue weighted by Crippen LogP contribution is -2.33. The zero-order valence-corrected chi connectivity index (χ0v) is 13.6. The molecule has 0 spiro atoms. The second kappa shape index (κ2) is 6.59. The SMILES string of the molecule is CNC1CCN(C(=O)c2ccc(C(C)(C)C)cc2)C1.Cl. The van der Waals surface area contributed by atoms with E-state index in [1.165, 1.54) is 5.56 Å². The molecule has 20 heavy (non-hydrogen) atoms. The summed E-state index contributed by atoms with van der Waals surface area (Å²) in [6.45, 7) is 8.22. The number of likely N-dealkylation sites (N-methyl/N-ethyl adjacent to an activating group) is 1. The van der Waals surface area contributed by atoms with Crippen LogP contribution in [0, 0.1) is 0 Å². The smallest absolute Gasteiger partial charge is 0.253 e. The Bertz CT molecular complexity index is 451. The van der Waals surface area contributed by atoms with Crippen molar-refractivity contribution in [1.29, 1.82) is 0 Å². The van der Waals surface area contributed by atoms with Gasteiger partial charge in [-0.2, -0.15) is 0 Å². The first-order valence-corrected chi connectivity index (χ1v) is 6.99. The molecule has 1 aromatic rings. The second-order valence-electron chi connectivity index (χ2n) is 6.35. The van der Waals surface area contributed by atoms with E-state index in [1.807, 2.05) is 24.1 Å². The molecule has 1 aliphatic heterocycles. The summed E-state index contributed by atoms with van der Waals surface area (Å²) in [5.74, 6) is 0.151. The first-order chi connectivity index (χ1) is 8.91. The van der Waals surface area contributed by atoms with E-state index in [4.69, 9.17) is 0 Å². The van der Waals surface area contributed by atoms with E-state index in [9.17, 15) is 4.79 Å². The van der Waals surface area contributed by atoms with Crippen LogP contribution in [0.3, 0.4) is 0 Å². The zero-order chi connectivity index (χ0) is 14.0. The van der Waals surface area contributed by atoms with Crippen LogP contribution in [-0.2, 0) is 5.41 Å². The number of hydrogen-bond donors (Lipinski definition) is 1. The van der Waals surface area contributed by atoms with Crippen molar-refractivity contribution in [3.8, 4) is 0 Å². The maximum atomic E-state index is 12.4. The third-order valence-electron chi connectivity index (χ3n) is 3.88. The minimum Gasteiger partial charge on any atom is -0.337 e. The number of amides is 1. The number of likely N-dealkylation sites (tertiary alicyclic amines) is 1. The molecule has 1 saturated heterocycles. The van der Waals surface area contributed by atoms with Crippen molar-refractivity contribution in [2.45, 2.75) is 38.6 Å². The zero-order valence-electron chi connectivity index (χ0n) is 12.8. The van der Waals surface area contributed by atoms with Crippen LogP contribution in [0.5, 0.6) is 0 Å². The summed E-state index contributed by atoms with van der Waals surface area (Å²) in [4.78, 5) is 14.3. The molecule has 112 valence electrons. The van der Waals surface area contributed by atoms with Gasteiger partial charge in [0.15, 0.2) is 0 Å². The number of nitrogens with one attached hydrogen (secondary N) is 1. The predicted molar refractivity (Wildman–Crippen MR) is 85.8 cm³/mol. The van der Waals surface area contributed by atoms with Crippen molar-refractivity contribution in [2.75, 3.05) is 20.1 Å². The van der Waals surface area contributed by atoms with Crippen LogP contribution in [0.25, 0.3) is 0 Å². The first-order valence-electron chi connectivity index (χ1n) is 6.99. The molecule has 2 rings (SSSR count). The minimum atomic E-state index is 0. The molecule has 1 atom stereocenters. The van der Waals surface area contributed by atoms with Gasteiger partial charge in [0.2, 0.25) is 0 Å². The van der Waals surface area contributed by atoms with Gasteiger partial charge in [-0.1, -0.05) is 32.9 Å². The fourth-order valence-electron chi connectivity index (χ4n) is 2.48. The summed E-state index contributed by atoms with van der Waals surface area (Å²) >= 11 is 0. The summed E-state index contributed by atoms with van der Waals surface area (Å²) in [5.41, 5.74) is 2.19. The molecule has 0 bridgehead atoms. The van der Waals surface area contributed by atoms with Gasteiger partial charge in [-0.15, -0.1) is 12.4 Å². The Morgan fingerprint density at radius 3 is 2.30 bits per heavy atom. The number of hydrogen-bond acceptors (Lipinski definition) is 2. The molecule has 4 heteroatoms. The van der Waals surface area contributed by atoms with Crippen molar-refractivity contribution in [2.24, 2.45) is 0 Å². The summed E-state index contributed by atoms with van der Waals surface area (Å²) in [5, 5.41) is 3.24. The summed E-state index contributed by atoms with van der Waals surface area (Å²) in [6.07, 6.45) is 1.04. The molecule has 1 N–H and O–H groups in total. The summed E-state index contributed by atoms with van der Waals surface area (Å²) in [6, 6.07) is 8.49. The van der Waals surface area contributed by atoms with Crippen LogP contribution in [-0.4, -0.2) is 37.0 Å². The average Bonchev–Trinajstić information content (AvgIpc) is 2.86. The van der Waals surface area contributed by atoms with E-state index in [2.05, 4.69) is 38.2 Å². The molecule has 3 nitrogen and oxygen atoms in total. The minimum absolute atomic E-state index is 0. The fraction of sp³-hybridized carbons (Fsp3) is 0.562. The number of benzene rings is 1. The Labute approximate surface area is 128 Å². The lowest BCUT2D eigenvalue weighted by molar-refractivity contribution is 0.0789. The van der Waals surface area contributed by atoms with Gasteiger partial charge in [-0.05, 0) is 36.6 Å². The number of carbonyl (C=O) groups excluding carboxylic acids is 1. The Kier molecular flexibility index (Phi) is 5.60. The van der Waals surface area contributed by atoms with Gasteiger partial charge in [0.05, 0.1) is 0 Å². The van der Waals surface area contributed by atoms with Gasteiger partial charge in [0.1, 0.15) is 0 Å². The van der Waals surface area contributed by atoms with E-state index in [0.717, 1.165) is 25.1 Å². The Balaban J connectivity index is 0.00000200. The summed E-state index contributed by atoms with van der Waals surface area (Å²) in [7, 11) is 1.96. The van der Waals surface area contributed by atoms with Gasteiger partial charge in [0.25, 0.3) is 5.91 Å². The molecule has 1 unspecified atom stereocenters. The van der Waals surface area contributed by atoms with E-state index >= 15 is 0 Å². The van der Waals surface area contributed by atoms with Crippen LogP contribution in [0.2, 0.25) is 0 Å². The molecule has 1 heterocycles. The van der Waals surface area contributed by atoms with E-state index in [-0.39, 0.29) is 23.7 Å². The maximum Gasteiger partial charge on any atom is 0.253 e. The monoisotopic (exact) mass is 296 g/mol. The molecule has 0 radical (unpaired) electrons. The average molecular weight is 297 g/mol. The van der Waals surface area contributed by atoms with Crippen LogP contribution in [0.15, 0.2) is 24.3 Å². The fourth-order valence-corrected chi connectivity index (χ4v) is 2.48. The predicted octanol–water partition coefficient (Wildman–Crippen LogP) is 2.84. The third-order valence-corrected chi connectivity index (χ3v) is 3.88. The van der Waals surface area contributed by atoms with Crippen molar-refractivity contribution in [1.82, 2.24) is 10.2 Å². The number of carbonyl (C=O) groups is 1. The van der Waals surface area contributed by atoms with Crippen molar-refractivity contribution in [3.63, 3.8) is 0 Å². The van der Waals surface area contributed by atoms with Crippen LogP contribution >= 0.6 is 12.4 Å². The molecule has 0 saturated carbocycles. The highest BCUT2D eigenvalue weighted by Crippen LogP contribution is 2.23. The molecule has 1 aliphatic rings. The highest BCUT2D eigenvalue weighted by atomic mass is 35.5. The van der Waals surface area contributed by atoms with E-state index < -0.39 is 0 Å². The van der Waals surface area contributed by atoms with E-state index in [1.54, 1.807) is 0 Å². The molecular weight excluding hydrogens is 272 g/mol. The number of rotatable bonds is 2. The molecule has 1 aromatic carbocycles. The third kappa shape index (κ3) is 3.74. The van der Waals surface area contributed by atoms with Crippen LogP contribution < -0.4 is 5.32 Å². The van der Waals surface area contributed by atoms with Gasteiger partial charge in [-0.25, -0.2) is 0 Å². The largest absolute Gasteiger partial charge is 0.337 e. The highest BCUT2D eigenvalue weighted by molar-refractivity contribution is 5.94. The van der Waals surface area contributed by atoms with Crippen molar-refractivity contribution < 1.29 is 4.79 Å². The number of nitrogens with zero attached hydrogens (tertiary/aromatic N) is 1. The lowest BCUT2D eigenvalue weighted by Gasteiger charge is -2.20. The molecular formula is C16H25ClN2O. The topological polar surface area (TPSA) is 32.3 Å². The molecule has 0 aromatic heterocycles. The highest BCUT2D eigenvalue weighted by Gasteiger charge is 2.26. The van der Waals surface area contributed by atoms with Gasteiger partial charge in [-0.3, -0.25) is 4.79 Å².